The maximum absolute atomic E-state index is 5.59. The Morgan fingerprint density at radius 2 is 1.65 bits per heavy atom. The number of hydrogen-bond donors (Lipinski definition) is 0. The van der Waals surface area contributed by atoms with Gasteiger partial charge in [0.25, 0.3) is 0 Å². The Bertz CT molecular complexity index is 834. The fourth-order valence-corrected chi connectivity index (χ4v) is 4.17. The molecule has 2 heterocycles. The van der Waals surface area contributed by atoms with Gasteiger partial charge in [-0.25, -0.2) is 0 Å². The van der Waals surface area contributed by atoms with Gasteiger partial charge in [-0.15, -0.1) is 10.2 Å². The standard InChI is InChI=1S/C20H22N4O2/c1-3-13(4-1)17(14-5-2-6-14)11-18-22-19(24-26-18)15-7-9-16(10-8-15)20-23-21-12-25-20/h7-10,12-14,17H,1-6,11H2. The maximum Gasteiger partial charge on any atom is 0.247 e. The first kappa shape index (κ1) is 15.7. The average molecular weight is 350 g/mol. The summed E-state index contributed by atoms with van der Waals surface area (Å²) >= 11 is 0. The molecule has 2 aromatic heterocycles. The minimum Gasteiger partial charge on any atom is -0.423 e. The molecule has 0 radical (unpaired) electrons. The lowest BCUT2D eigenvalue weighted by molar-refractivity contribution is 0.0858. The topological polar surface area (TPSA) is 77.8 Å². The predicted octanol–water partition coefficient (Wildman–Crippen LogP) is 4.55. The van der Waals surface area contributed by atoms with Crippen LogP contribution >= 0.6 is 0 Å². The monoisotopic (exact) mass is 350 g/mol. The normalized spacial score (nSPS) is 18.0. The van der Waals surface area contributed by atoms with Crippen molar-refractivity contribution >= 4 is 0 Å². The third kappa shape index (κ3) is 2.93. The Morgan fingerprint density at radius 3 is 2.23 bits per heavy atom. The van der Waals surface area contributed by atoms with Crippen LogP contribution in [0.15, 0.2) is 39.6 Å². The van der Waals surface area contributed by atoms with Crippen molar-refractivity contribution in [2.45, 2.75) is 44.9 Å². The van der Waals surface area contributed by atoms with Crippen LogP contribution in [0.4, 0.5) is 0 Å². The van der Waals surface area contributed by atoms with Gasteiger partial charge in [0.05, 0.1) is 0 Å². The molecule has 6 heteroatoms. The van der Waals surface area contributed by atoms with Crippen molar-refractivity contribution < 1.29 is 8.94 Å². The number of hydrogen-bond acceptors (Lipinski definition) is 6. The van der Waals surface area contributed by atoms with Crippen molar-refractivity contribution in [1.29, 1.82) is 0 Å². The fourth-order valence-electron chi connectivity index (χ4n) is 4.17. The van der Waals surface area contributed by atoms with E-state index in [1.54, 1.807) is 0 Å². The molecule has 0 atom stereocenters. The summed E-state index contributed by atoms with van der Waals surface area (Å²) in [5.41, 5.74) is 1.82. The first-order valence-electron chi connectivity index (χ1n) is 9.56. The van der Waals surface area contributed by atoms with E-state index in [0.29, 0.717) is 11.7 Å². The van der Waals surface area contributed by atoms with Gasteiger partial charge in [0.2, 0.25) is 24.0 Å². The van der Waals surface area contributed by atoms with Crippen molar-refractivity contribution in [3.05, 3.63) is 36.5 Å². The molecule has 134 valence electrons. The van der Waals surface area contributed by atoms with Crippen LogP contribution in [0.5, 0.6) is 0 Å². The second kappa shape index (κ2) is 6.67. The number of rotatable bonds is 6. The molecule has 0 bridgehead atoms. The highest BCUT2D eigenvalue weighted by atomic mass is 16.5. The molecule has 2 saturated carbocycles. The van der Waals surface area contributed by atoms with Gasteiger partial charge in [-0.1, -0.05) is 55.8 Å². The van der Waals surface area contributed by atoms with Crippen molar-refractivity contribution in [1.82, 2.24) is 20.3 Å². The average Bonchev–Trinajstić information content (AvgIpc) is 3.23. The number of benzene rings is 1. The smallest absolute Gasteiger partial charge is 0.247 e. The summed E-state index contributed by atoms with van der Waals surface area (Å²) in [5.74, 6) is 4.40. The van der Waals surface area contributed by atoms with E-state index in [-0.39, 0.29) is 0 Å². The van der Waals surface area contributed by atoms with Gasteiger partial charge in [0.1, 0.15) is 0 Å². The quantitative estimate of drug-likeness (QED) is 0.649. The van der Waals surface area contributed by atoms with E-state index >= 15 is 0 Å². The molecule has 0 aliphatic heterocycles. The minimum atomic E-state index is 0.509. The summed E-state index contributed by atoms with van der Waals surface area (Å²) in [6.45, 7) is 0. The molecular weight excluding hydrogens is 328 g/mol. The van der Waals surface area contributed by atoms with Crippen molar-refractivity contribution in [2.75, 3.05) is 0 Å². The summed E-state index contributed by atoms with van der Waals surface area (Å²) in [6, 6.07) is 7.79. The molecular formula is C20H22N4O2. The lowest BCUT2D eigenvalue weighted by Gasteiger charge is -2.42. The molecule has 6 nitrogen and oxygen atoms in total. The molecule has 1 aromatic carbocycles. The van der Waals surface area contributed by atoms with Crippen LogP contribution in [-0.4, -0.2) is 20.3 Å². The summed E-state index contributed by atoms with van der Waals surface area (Å²) in [4.78, 5) is 4.67. The fraction of sp³-hybridized carbons (Fsp3) is 0.500. The van der Waals surface area contributed by atoms with Crippen LogP contribution in [0.2, 0.25) is 0 Å². The molecule has 26 heavy (non-hydrogen) atoms. The van der Waals surface area contributed by atoms with Gasteiger partial charge in [0.15, 0.2) is 0 Å². The largest absolute Gasteiger partial charge is 0.423 e. The highest BCUT2D eigenvalue weighted by Gasteiger charge is 2.37. The Kier molecular flexibility index (Phi) is 4.03. The summed E-state index contributed by atoms with van der Waals surface area (Å²) in [5, 5.41) is 11.8. The van der Waals surface area contributed by atoms with E-state index in [1.807, 2.05) is 24.3 Å². The molecule has 0 N–H and O–H groups in total. The van der Waals surface area contributed by atoms with Gasteiger partial charge < -0.3 is 8.94 Å². The third-order valence-corrected chi connectivity index (χ3v) is 6.14. The minimum absolute atomic E-state index is 0.509. The second-order valence-corrected chi connectivity index (χ2v) is 7.58. The lowest BCUT2D eigenvalue weighted by atomic mass is 9.63. The van der Waals surface area contributed by atoms with Crippen LogP contribution in [0.3, 0.4) is 0 Å². The highest BCUT2D eigenvalue weighted by molar-refractivity contribution is 5.61. The predicted molar refractivity (Wildman–Crippen MR) is 94.9 cm³/mol. The van der Waals surface area contributed by atoms with Crippen molar-refractivity contribution in [3.8, 4) is 22.8 Å². The Balaban J connectivity index is 1.31. The highest BCUT2D eigenvalue weighted by Crippen LogP contribution is 2.45. The summed E-state index contributed by atoms with van der Waals surface area (Å²) < 4.78 is 10.8. The first-order chi connectivity index (χ1) is 12.9. The van der Waals surface area contributed by atoms with Crippen LogP contribution < -0.4 is 0 Å². The molecule has 2 aliphatic rings. The zero-order valence-corrected chi connectivity index (χ0v) is 14.7. The van der Waals surface area contributed by atoms with Crippen LogP contribution in [0.25, 0.3) is 22.8 Å². The van der Waals surface area contributed by atoms with Crippen molar-refractivity contribution in [3.63, 3.8) is 0 Å². The number of aromatic nitrogens is 4. The SMILES string of the molecule is c1nnc(-c2ccc(-c3noc(CC(C4CCC4)C4CCC4)n3)cc2)o1. The molecule has 0 saturated heterocycles. The van der Waals surface area contributed by atoms with E-state index in [4.69, 9.17) is 8.94 Å². The van der Waals surface area contributed by atoms with Gasteiger partial charge in [0, 0.05) is 17.5 Å². The molecule has 2 fully saturated rings. The zero-order valence-electron chi connectivity index (χ0n) is 14.7. The second-order valence-electron chi connectivity index (χ2n) is 7.58. The molecule has 0 amide bonds. The lowest BCUT2D eigenvalue weighted by Crippen LogP contribution is -2.33. The summed E-state index contributed by atoms with van der Waals surface area (Å²) in [6.07, 6.45) is 10.5. The first-order valence-corrected chi connectivity index (χ1v) is 9.56. The number of nitrogens with zero attached hydrogens (tertiary/aromatic N) is 4. The molecule has 3 aromatic rings. The van der Waals surface area contributed by atoms with Gasteiger partial charge in [-0.3, -0.25) is 0 Å². The molecule has 0 spiro atoms. The molecule has 2 aliphatic carbocycles. The van der Waals surface area contributed by atoms with Crippen LogP contribution in [0.1, 0.15) is 44.4 Å². The van der Waals surface area contributed by atoms with E-state index in [1.165, 1.54) is 44.9 Å². The maximum atomic E-state index is 5.59. The Labute approximate surface area is 152 Å². The van der Waals surface area contributed by atoms with E-state index in [0.717, 1.165) is 41.2 Å². The Morgan fingerprint density at radius 1 is 0.962 bits per heavy atom. The van der Waals surface area contributed by atoms with E-state index in [9.17, 15) is 0 Å². The third-order valence-electron chi connectivity index (χ3n) is 6.14. The van der Waals surface area contributed by atoms with Crippen LogP contribution in [0, 0.1) is 17.8 Å². The van der Waals surface area contributed by atoms with E-state index < -0.39 is 0 Å². The van der Waals surface area contributed by atoms with Gasteiger partial charge >= 0.3 is 0 Å². The van der Waals surface area contributed by atoms with Gasteiger partial charge in [-0.2, -0.15) is 4.98 Å². The zero-order chi connectivity index (χ0) is 17.3. The van der Waals surface area contributed by atoms with Crippen LogP contribution in [-0.2, 0) is 6.42 Å². The molecule has 5 rings (SSSR count). The van der Waals surface area contributed by atoms with E-state index in [2.05, 4.69) is 20.3 Å². The van der Waals surface area contributed by atoms with Crippen molar-refractivity contribution in [2.24, 2.45) is 17.8 Å². The van der Waals surface area contributed by atoms with Gasteiger partial charge in [-0.05, 0) is 29.9 Å². The Hall–Kier alpha value is -2.50. The molecule has 0 unspecified atom stereocenters. The summed E-state index contributed by atoms with van der Waals surface area (Å²) in [7, 11) is 0.